The lowest BCUT2D eigenvalue weighted by Crippen LogP contribution is -2.35. The first-order valence-corrected chi connectivity index (χ1v) is 8.59. The fourth-order valence-corrected chi connectivity index (χ4v) is 3.51. The second-order valence-electron chi connectivity index (χ2n) is 6.26. The molecule has 1 atom stereocenters. The molecule has 0 bridgehead atoms. The average Bonchev–Trinajstić information content (AvgIpc) is 2.86. The molecule has 2 aliphatic rings. The summed E-state index contributed by atoms with van der Waals surface area (Å²) >= 11 is 0. The molecule has 7 heteroatoms. The lowest BCUT2D eigenvalue weighted by molar-refractivity contribution is 0.315. The highest BCUT2D eigenvalue weighted by Crippen LogP contribution is 2.45. The molecule has 0 amide bonds. The van der Waals surface area contributed by atoms with Crippen molar-refractivity contribution in [2.75, 3.05) is 20.8 Å². The van der Waals surface area contributed by atoms with Gasteiger partial charge in [0, 0.05) is 24.1 Å². The van der Waals surface area contributed by atoms with E-state index in [2.05, 4.69) is 10.3 Å². The number of rotatable bonds is 3. The third-order valence-electron chi connectivity index (χ3n) is 4.75. The number of halogens is 1. The van der Waals surface area contributed by atoms with Crippen LogP contribution in [0, 0.1) is 5.82 Å². The van der Waals surface area contributed by atoms with Crippen LogP contribution in [0.5, 0.6) is 17.2 Å². The van der Waals surface area contributed by atoms with E-state index in [1.54, 1.807) is 44.6 Å². The van der Waals surface area contributed by atoms with Gasteiger partial charge in [-0.1, -0.05) is 18.2 Å². The van der Waals surface area contributed by atoms with E-state index in [-0.39, 0.29) is 11.8 Å². The van der Waals surface area contributed by atoms with Gasteiger partial charge in [0.15, 0.2) is 5.96 Å². The maximum atomic E-state index is 14.5. The number of benzene rings is 2. The molecule has 6 nitrogen and oxygen atoms in total. The highest BCUT2D eigenvalue weighted by Gasteiger charge is 2.32. The van der Waals surface area contributed by atoms with Gasteiger partial charge in [0.1, 0.15) is 29.1 Å². The van der Waals surface area contributed by atoms with Crippen molar-refractivity contribution in [1.82, 2.24) is 5.32 Å². The van der Waals surface area contributed by atoms with Crippen LogP contribution in [0.2, 0.25) is 0 Å². The van der Waals surface area contributed by atoms with E-state index in [9.17, 15) is 4.39 Å². The molecule has 0 saturated heterocycles. The number of methoxy groups -OCH3 is 2. The van der Waals surface area contributed by atoms with Gasteiger partial charge in [-0.25, -0.2) is 9.38 Å². The van der Waals surface area contributed by atoms with Gasteiger partial charge in [-0.3, -0.25) is 0 Å². The van der Waals surface area contributed by atoms with E-state index in [0.717, 1.165) is 16.8 Å². The summed E-state index contributed by atoms with van der Waals surface area (Å²) in [7, 11) is 3.16. The molecule has 3 N–H and O–H groups in total. The molecule has 0 spiro atoms. The van der Waals surface area contributed by atoms with Crippen LogP contribution in [0.4, 0.5) is 4.39 Å². The Bertz CT molecular complexity index is 955. The van der Waals surface area contributed by atoms with Crippen molar-refractivity contribution in [3.8, 4) is 17.2 Å². The van der Waals surface area contributed by atoms with Crippen LogP contribution in [0.3, 0.4) is 0 Å². The minimum absolute atomic E-state index is 0.215. The highest BCUT2D eigenvalue weighted by molar-refractivity contribution is 5.94. The first kappa shape index (κ1) is 17.2. The molecule has 1 unspecified atom stereocenters. The molecule has 4 rings (SSSR count). The number of fused-ring (bicyclic) bond motifs is 2. The minimum Gasteiger partial charge on any atom is -0.496 e. The molecule has 0 aliphatic carbocycles. The summed E-state index contributed by atoms with van der Waals surface area (Å²) in [6.07, 6.45) is 0.568. The van der Waals surface area contributed by atoms with Crippen LogP contribution < -0.4 is 25.3 Å². The number of ether oxygens (including phenoxy) is 3. The van der Waals surface area contributed by atoms with E-state index < -0.39 is 6.04 Å². The summed E-state index contributed by atoms with van der Waals surface area (Å²) in [5.74, 6) is 1.71. The number of nitrogens with one attached hydrogen (secondary N) is 1. The molecule has 2 heterocycles. The summed E-state index contributed by atoms with van der Waals surface area (Å²) in [5, 5.41) is 3.13. The third-order valence-corrected chi connectivity index (χ3v) is 4.75. The number of hydrogen-bond acceptors (Lipinski definition) is 6. The number of nitrogens with two attached hydrogens (primary N) is 1. The molecular formula is C20H20FN3O3. The van der Waals surface area contributed by atoms with Gasteiger partial charge < -0.3 is 25.3 Å². The Hall–Kier alpha value is -3.22. The molecule has 140 valence electrons. The molecular weight excluding hydrogens is 349 g/mol. The Morgan fingerprint density at radius 2 is 2.04 bits per heavy atom. The molecule has 0 fully saturated rings. The summed E-state index contributed by atoms with van der Waals surface area (Å²) in [6, 6.07) is 9.65. The Kier molecular flexibility index (Phi) is 4.35. The standard InChI is InChI=1S/C20H20FN3O3/c1-25-11-9-15(26-2)17-16(10-11)27-8-7-13-18(23-20(22)24-19(13)17)12-5-3-4-6-14(12)21/h3-6,9-10,18H,7-8H2,1-2H3,(H3,22,23,24). The van der Waals surface area contributed by atoms with Gasteiger partial charge in [0.05, 0.1) is 32.1 Å². The zero-order valence-electron chi connectivity index (χ0n) is 15.1. The van der Waals surface area contributed by atoms with Crippen LogP contribution in [0.25, 0.3) is 5.70 Å². The zero-order chi connectivity index (χ0) is 19.0. The fourth-order valence-electron chi connectivity index (χ4n) is 3.51. The van der Waals surface area contributed by atoms with Crippen LogP contribution in [-0.2, 0) is 0 Å². The number of guanidine groups is 1. The third kappa shape index (κ3) is 2.95. The summed E-state index contributed by atoms with van der Waals surface area (Å²) in [6.45, 7) is 0.421. The lowest BCUT2D eigenvalue weighted by Gasteiger charge is -2.27. The summed E-state index contributed by atoms with van der Waals surface area (Å²) in [5.41, 5.74) is 8.89. The van der Waals surface area contributed by atoms with Gasteiger partial charge in [0.25, 0.3) is 0 Å². The summed E-state index contributed by atoms with van der Waals surface area (Å²) in [4.78, 5) is 4.47. The van der Waals surface area contributed by atoms with E-state index in [4.69, 9.17) is 19.9 Å². The fraction of sp³-hybridized carbons (Fsp3) is 0.250. The average molecular weight is 369 g/mol. The first-order valence-electron chi connectivity index (χ1n) is 8.59. The van der Waals surface area contributed by atoms with E-state index in [1.165, 1.54) is 6.07 Å². The number of nitrogens with zero attached hydrogens (tertiary/aromatic N) is 1. The predicted molar refractivity (Wildman–Crippen MR) is 100 cm³/mol. The number of hydrogen-bond donors (Lipinski definition) is 2. The normalized spacial score (nSPS) is 18.3. The van der Waals surface area contributed by atoms with Gasteiger partial charge >= 0.3 is 0 Å². The Morgan fingerprint density at radius 3 is 2.78 bits per heavy atom. The van der Waals surface area contributed by atoms with Crippen molar-refractivity contribution >= 4 is 11.7 Å². The molecule has 0 aromatic heterocycles. The Balaban J connectivity index is 1.93. The molecule has 2 aromatic rings. The van der Waals surface area contributed by atoms with Crippen molar-refractivity contribution in [3.63, 3.8) is 0 Å². The maximum Gasteiger partial charge on any atom is 0.194 e. The quantitative estimate of drug-likeness (QED) is 0.870. The molecule has 2 aromatic carbocycles. The second kappa shape index (κ2) is 6.83. The van der Waals surface area contributed by atoms with Crippen molar-refractivity contribution in [2.45, 2.75) is 12.5 Å². The van der Waals surface area contributed by atoms with Gasteiger partial charge in [-0.15, -0.1) is 0 Å². The first-order chi connectivity index (χ1) is 13.1. The molecule has 27 heavy (non-hydrogen) atoms. The van der Waals surface area contributed by atoms with Gasteiger partial charge in [-0.05, 0) is 11.6 Å². The maximum absolute atomic E-state index is 14.5. The SMILES string of the molecule is COc1cc(OC)c2c(c1)OCCC1=C2NC(N)=NC1c1ccccc1F. The van der Waals surface area contributed by atoms with E-state index >= 15 is 0 Å². The largest absolute Gasteiger partial charge is 0.496 e. The topological polar surface area (TPSA) is 78.1 Å². The Morgan fingerprint density at radius 1 is 1.22 bits per heavy atom. The van der Waals surface area contributed by atoms with Crippen LogP contribution in [0.15, 0.2) is 47.0 Å². The van der Waals surface area contributed by atoms with Crippen LogP contribution in [-0.4, -0.2) is 26.8 Å². The zero-order valence-corrected chi connectivity index (χ0v) is 15.1. The monoisotopic (exact) mass is 369 g/mol. The molecule has 0 saturated carbocycles. The van der Waals surface area contributed by atoms with Gasteiger partial charge in [0.2, 0.25) is 0 Å². The van der Waals surface area contributed by atoms with E-state index in [1.807, 2.05) is 0 Å². The van der Waals surface area contributed by atoms with Gasteiger partial charge in [-0.2, -0.15) is 0 Å². The van der Waals surface area contributed by atoms with E-state index in [0.29, 0.717) is 35.8 Å². The second-order valence-corrected chi connectivity index (χ2v) is 6.26. The molecule has 0 radical (unpaired) electrons. The van der Waals surface area contributed by atoms with Crippen molar-refractivity contribution in [2.24, 2.45) is 10.7 Å². The molecule has 2 aliphatic heterocycles. The minimum atomic E-state index is -0.524. The van der Waals surface area contributed by atoms with Crippen molar-refractivity contribution < 1.29 is 18.6 Å². The van der Waals surface area contributed by atoms with Crippen LogP contribution >= 0.6 is 0 Å². The highest BCUT2D eigenvalue weighted by atomic mass is 19.1. The lowest BCUT2D eigenvalue weighted by atomic mass is 9.91. The van der Waals surface area contributed by atoms with Crippen molar-refractivity contribution in [1.29, 1.82) is 0 Å². The smallest absolute Gasteiger partial charge is 0.194 e. The predicted octanol–water partition coefficient (Wildman–Crippen LogP) is 3.00. The Labute approximate surface area is 156 Å². The number of aliphatic imine (C=N–C) groups is 1. The van der Waals surface area contributed by atoms with Crippen LogP contribution in [0.1, 0.15) is 23.6 Å². The summed E-state index contributed by atoms with van der Waals surface area (Å²) < 4.78 is 31.3. The van der Waals surface area contributed by atoms with Crippen molar-refractivity contribution in [3.05, 3.63) is 58.9 Å².